The molecule has 0 bridgehead atoms. The molecular weight excluding hydrogens is 532 g/mol. The van der Waals surface area contributed by atoms with Crippen molar-refractivity contribution in [2.45, 2.75) is 54.6 Å². The van der Waals surface area contributed by atoms with Crippen LogP contribution in [-0.4, -0.2) is 41.1 Å². The lowest BCUT2D eigenvalue weighted by molar-refractivity contribution is -0.150. The summed E-state index contributed by atoms with van der Waals surface area (Å²) in [6.45, 7) is 11.2. The third kappa shape index (κ3) is 6.22. The van der Waals surface area contributed by atoms with Crippen LogP contribution in [0.4, 0.5) is 0 Å². The minimum atomic E-state index is -1.02. The maximum atomic E-state index is 14.2. The number of hydrogen-bond acceptors (Lipinski definition) is 7. The van der Waals surface area contributed by atoms with E-state index in [2.05, 4.69) is 4.98 Å². The number of aromatic nitrogens is 2. The molecule has 1 aromatic carbocycles. The van der Waals surface area contributed by atoms with Gasteiger partial charge in [-0.05, 0) is 75.2 Å². The van der Waals surface area contributed by atoms with Crippen molar-refractivity contribution in [1.29, 1.82) is 0 Å². The fraction of sp³-hybridized carbons (Fsp3) is 0.353. The quantitative estimate of drug-likeness (QED) is 0.160. The number of Topliss-reactive ketones (excluding diaryl/α,β-unsaturated/α-hetero) is 1. The molecule has 0 saturated heterocycles. The van der Waals surface area contributed by atoms with E-state index in [-0.39, 0.29) is 24.6 Å². The fourth-order valence-corrected chi connectivity index (χ4v) is 4.93. The number of rotatable bonds is 10. The highest BCUT2D eigenvalue weighted by atomic mass is 16.5. The Balaban J connectivity index is 1.95. The topological polar surface area (TPSA) is 96.2 Å². The number of esters is 1. The zero-order chi connectivity index (χ0) is 30.8. The summed E-state index contributed by atoms with van der Waals surface area (Å²) in [5, 5.41) is 0. The molecule has 0 aliphatic rings. The van der Waals surface area contributed by atoms with Crippen LogP contribution in [0.15, 0.2) is 60.8 Å². The molecule has 220 valence electrons. The zero-order valence-electron chi connectivity index (χ0n) is 25.5. The number of ketones is 2. The minimum absolute atomic E-state index is 0.110. The number of hydrogen-bond donors (Lipinski definition) is 0. The summed E-state index contributed by atoms with van der Waals surface area (Å²) in [5.74, 6) is 0.265. The van der Waals surface area contributed by atoms with Crippen molar-refractivity contribution in [1.82, 2.24) is 9.38 Å². The zero-order valence-corrected chi connectivity index (χ0v) is 25.5. The smallest absolute Gasteiger partial charge is 0.311 e. The third-order valence-electron chi connectivity index (χ3n) is 7.18. The Bertz CT molecular complexity index is 1640. The molecule has 0 fully saturated rings. The number of methoxy groups -OCH3 is 2. The average Bonchev–Trinajstić information content (AvgIpc) is 3.26. The standard InChI is InChI=1S/C34H38N2O6/c1-21-10-9-11-23(35-21)20-42-25-16-17-36-27(18-25)28(31(38)33(2,3)4)26(19-34(5,6)32(39)41-8)29(36)30(37)22-12-14-24(40-7)15-13-22/h9-18H,19-20H2,1-8H3. The summed E-state index contributed by atoms with van der Waals surface area (Å²) in [6.07, 6.45) is 1.85. The molecule has 3 aromatic heterocycles. The highest BCUT2D eigenvalue weighted by Crippen LogP contribution is 2.37. The molecule has 8 nitrogen and oxygen atoms in total. The van der Waals surface area contributed by atoms with Gasteiger partial charge in [-0.25, -0.2) is 0 Å². The molecule has 8 heteroatoms. The summed E-state index contributed by atoms with van der Waals surface area (Å²) >= 11 is 0. The molecule has 0 saturated carbocycles. The number of fused-ring (bicyclic) bond motifs is 1. The Morgan fingerprint density at radius 2 is 1.60 bits per heavy atom. The minimum Gasteiger partial charge on any atom is -0.497 e. The first kappa shape index (κ1) is 30.5. The number of nitrogens with zero attached hydrogens (tertiary/aromatic N) is 2. The maximum absolute atomic E-state index is 14.2. The van der Waals surface area contributed by atoms with Gasteiger partial charge in [-0.3, -0.25) is 19.4 Å². The fourth-order valence-electron chi connectivity index (χ4n) is 4.93. The van der Waals surface area contributed by atoms with Gasteiger partial charge in [0.1, 0.15) is 18.1 Å². The Morgan fingerprint density at radius 1 is 0.905 bits per heavy atom. The van der Waals surface area contributed by atoms with Crippen LogP contribution in [0.3, 0.4) is 0 Å². The van der Waals surface area contributed by atoms with Gasteiger partial charge in [-0.2, -0.15) is 0 Å². The van der Waals surface area contributed by atoms with Crippen molar-refractivity contribution in [3.8, 4) is 11.5 Å². The largest absolute Gasteiger partial charge is 0.497 e. The van der Waals surface area contributed by atoms with Gasteiger partial charge in [0, 0.05) is 34.5 Å². The summed E-state index contributed by atoms with van der Waals surface area (Å²) in [7, 11) is 2.89. The van der Waals surface area contributed by atoms with E-state index in [1.54, 1.807) is 68.0 Å². The van der Waals surface area contributed by atoms with Crippen LogP contribution in [0.5, 0.6) is 11.5 Å². The number of carbonyl (C=O) groups is 3. The average molecular weight is 571 g/mol. The Kier molecular flexibility index (Phi) is 8.57. The van der Waals surface area contributed by atoms with E-state index in [0.29, 0.717) is 39.4 Å². The lowest BCUT2D eigenvalue weighted by atomic mass is 9.79. The lowest BCUT2D eigenvalue weighted by Gasteiger charge is -2.24. The van der Waals surface area contributed by atoms with Crippen LogP contribution in [0.2, 0.25) is 0 Å². The molecular formula is C34H38N2O6. The van der Waals surface area contributed by atoms with Crippen LogP contribution in [0, 0.1) is 17.8 Å². The molecule has 0 unspecified atom stereocenters. The summed E-state index contributed by atoms with van der Waals surface area (Å²) in [4.78, 5) is 45.6. The predicted octanol–water partition coefficient (Wildman–Crippen LogP) is 6.43. The van der Waals surface area contributed by atoms with Crippen LogP contribution in [0.1, 0.15) is 78.0 Å². The van der Waals surface area contributed by atoms with E-state index < -0.39 is 16.8 Å². The number of benzene rings is 1. The number of aryl methyl sites for hydroxylation is 1. The van der Waals surface area contributed by atoms with Crippen LogP contribution in [-0.2, 0) is 22.6 Å². The van der Waals surface area contributed by atoms with Gasteiger partial charge in [0.15, 0.2) is 5.78 Å². The van der Waals surface area contributed by atoms with Crippen LogP contribution < -0.4 is 9.47 Å². The Hall–Kier alpha value is -4.46. The normalized spacial score (nSPS) is 11.8. The first-order valence-corrected chi connectivity index (χ1v) is 13.8. The highest BCUT2D eigenvalue weighted by Gasteiger charge is 2.38. The predicted molar refractivity (Wildman–Crippen MR) is 160 cm³/mol. The van der Waals surface area contributed by atoms with Crippen molar-refractivity contribution in [3.05, 3.63) is 94.6 Å². The molecule has 0 atom stereocenters. The molecule has 4 rings (SSSR count). The molecule has 4 aromatic rings. The van der Waals surface area contributed by atoms with Crippen LogP contribution in [0.25, 0.3) is 5.52 Å². The monoisotopic (exact) mass is 570 g/mol. The molecule has 0 aliphatic carbocycles. The van der Waals surface area contributed by atoms with Gasteiger partial charge >= 0.3 is 5.97 Å². The van der Waals surface area contributed by atoms with Gasteiger partial charge in [0.05, 0.1) is 36.5 Å². The van der Waals surface area contributed by atoms with Gasteiger partial charge in [0.25, 0.3) is 0 Å². The number of carbonyl (C=O) groups excluding carboxylic acids is 3. The second-order valence-electron chi connectivity index (χ2n) is 12.1. The van der Waals surface area contributed by atoms with Gasteiger partial charge < -0.3 is 18.6 Å². The van der Waals surface area contributed by atoms with E-state index in [0.717, 1.165) is 11.4 Å². The molecule has 0 N–H and O–H groups in total. The second kappa shape index (κ2) is 11.8. The van der Waals surface area contributed by atoms with Crippen LogP contribution >= 0.6 is 0 Å². The summed E-state index contributed by atoms with van der Waals surface area (Å²) in [5.41, 5.74) is 2.01. The number of ether oxygens (including phenoxy) is 3. The maximum Gasteiger partial charge on any atom is 0.311 e. The van der Waals surface area contributed by atoms with Crippen molar-refractivity contribution < 1.29 is 28.6 Å². The molecule has 3 heterocycles. The van der Waals surface area contributed by atoms with Crippen molar-refractivity contribution in [2.75, 3.05) is 14.2 Å². The second-order valence-corrected chi connectivity index (χ2v) is 12.1. The summed E-state index contributed by atoms with van der Waals surface area (Å²) < 4.78 is 18.2. The Morgan fingerprint density at radius 3 is 2.19 bits per heavy atom. The molecule has 0 amide bonds. The van der Waals surface area contributed by atoms with Gasteiger partial charge in [0.2, 0.25) is 5.78 Å². The van der Waals surface area contributed by atoms with Gasteiger partial charge in [-0.1, -0.05) is 26.8 Å². The van der Waals surface area contributed by atoms with E-state index in [4.69, 9.17) is 14.2 Å². The van der Waals surface area contributed by atoms with Crippen molar-refractivity contribution in [3.63, 3.8) is 0 Å². The van der Waals surface area contributed by atoms with E-state index in [9.17, 15) is 14.4 Å². The SMILES string of the molecule is COC(=O)C(C)(C)Cc1c(C(=O)C(C)(C)C)c2cc(OCc3cccc(C)n3)ccn2c1C(=O)c1ccc(OC)cc1. The highest BCUT2D eigenvalue weighted by molar-refractivity contribution is 6.15. The van der Waals surface area contributed by atoms with Crippen molar-refractivity contribution in [2.24, 2.45) is 10.8 Å². The van der Waals surface area contributed by atoms with Gasteiger partial charge in [-0.15, -0.1) is 0 Å². The first-order chi connectivity index (χ1) is 19.8. The Labute approximate surface area is 246 Å². The molecule has 42 heavy (non-hydrogen) atoms. The molecule has 0 spiro atoms. The molecule has 0 radical (unpaired) electrons. The van der Waals surface area contributed by atoms with E-state index >= 15 is 0 Å². The molecule has 0 aliphatic heterocycles. The van der Waals surface area contributed by atoms with E-state index in [1.165, 1.54) is 7.11 Å². The first-order valence-electron chi connectivity index (χ1n) is 13.8. The number of pyridine rings is 2. The lowest BCUT2D eigenvalue weighted by Crippen LogP contribution is -2.30. The van der Waals surface area contributed by atoms with E-state index in [1.807, 2.05) is 45.9 Å². The third-order valence-corrected chi connectivity index (χ3v) is 7.18. The van der Waals surface area contributed by atoms with Crippen molar-refractivity contribution >= 4 is 23.1 Å². The summed E-state index contributed by atoms with van der Waals surface area (Å²) in [6, 6.07) is 16.1.